The molecule has 3 atom stereocenters. The van der Waals surface area contributed by atoms with Crippen LogP contribution in [0.25, 0.3) is 0 Å². The Balaban J connectivity index is -0.000000943. The van der Waals surface area contributed by atoms with Crippen LogP contribution in [0.5, 0.6) is 0 Å². The number of ether oxygens (including phenoxy) is 4. The Labute approximate surface area is 364 Å². The molecule has 0 saturated heterocycles. The van der Waals surface area contributed by atoms with Gasteiger partial charge in [0.05, 0.1) is 52.2 Å². The minimum Gasteiger partial charge on any atom is -0.469 e. The molecule has 0 fully saturated rings. The van der Waals surface area contributed by atoms with Crippen molar-refractivity contribution in [2.45, 2.75) is 218 Å². The van der Waals surface area contributed by atoms with Gasteiger partial charge in [-0.2, -0.15) is 12.6 Å². The van der Waals surface area contributed by atoms with E-state index in [4.69, 9.17) is 4.74 Å². The molecule has 0 aliphatic rings. The molecule has 0 aromatic heterocycles. The summed E-state index contributed by atoms with van der Waals surface area (Å²) in [6.45, 7) is 6.63. The van der Waals surface area contributed by atoms with Crippen molar-refractivity contribution in [3.05, 3.63) is 12.2 Å². The van der Waals surface area contributed by atoms with E-state index < -0.39 is 0 Å². The quantitative estimate of drug-likeness (QED) is 0.0182. The average molecular weight is 865 g/mol. The highest BCUT2D eigenvalue weighted by atomic mass is 32.2. The summed E-state index contributed by atoms with van der Waals surface area (Å²) in [4.78, 5) is 43.5. The molecule has 0 saturated carbocycles. The Morgan fingerprint density at radius 1 is 0.552 bits per heavy atom. The molecule has 0 bridgehead atoms. The van der Waals surface area contributed by atoms with Crippen molar-refractivity contribution in [3.8, 4) is 0 Å². The van der Waals surface area contributed by atoms with Gasteiger partial charge >= 0.3 is 23.9 Å². The second-order valence-corrected chi connectivity index (χ2v) is 17.3. The lowest BCUT2D eigenvalue weighted by atomic mass is 9.93. The maximum Gasteiger partial charge on any atom is 0.315 e. The molecular formula is C46H88O10S2. The highest BCUT2D eigenvalue weighted by molar-refractivity contribution is 8.01. The second kappa shape index (κ2) is 46.3. The van der Waals surface area contributed by atoms with Crippen molar-refractivity contribution < 1.29 is 48.3 Å². The molecule has 344 valence electrons. The largest absolute Gasteiger partial charge is 0.469 e. The summed E-state index contributed by atoms with van der Waals surface area (Å²) in [5.41, 5.74) is 0. The van der Waals surface area contributed by atoms with Crippen molar-refractivity contribution >= 4 is 48.3 Å². The van der Waals surface area contributed by atoms with E-state index in [1.54, 1.807) is 11.8 Å². The van der Waals surface area contributed by atoms with Crippen LogP contribution < -0.4 is 0 Å². The molecule has 12 heteroatoms. The van der Waals surface area contributed by atoms with Crippen LogP contribution >= 0.6 is 24.4 Å². The number of carbonyl (C=O) groups excluding carboxylic acids is 4. The van der Waals surface area contributed by atoms with Crippen molar-refractivity contribution in [2.24, 2.45) is 0 Å². The Hall–Kier alpha value is -1.76. The van der Waals surface area contributed by atoms with E-state index >= 15 is 0 Å². The van der Waals surface area contributed by atoms with Gasteiger partial charge < -0.3 is 29.2 Å². The predicted molar refractivity (Wildman–Crippen MR) is 245 cm³/mol. The van der Waals surface area contributed by atoms with Gasteiger partial charge in [-0.05, 0) is 64.2 Å². The highest BCUT2D eigenvalue weighted by Gasteiger charge is 2.26. The van der Waals surface area contributed by atoms with Crippen molar-refractivity contribution in [1.29, 1.82) is 0 Å². The van der Waals surface area contributed by atoms with Crippen LogP contribution in [0.2, 0.25) is 0 Å². The lowest BCUT2D eigenvalue weighted by molar-refractivity contribution is -0.141. The Morgan fingerprint density at radius 2 is 1.00 bits per heavy atom. The van der Waals surface area contributed by atoms with Gasteiger partial charge in [-0.25, -0.2) is 0 Å². The first-order valence-electron chi connectivity index (χ1n) is 22.4. The molecule has 58 heavy (non-hydrogen) atoms. The van der Waals surface area contributed by atoms with Crippen LogP contribution in [0.3, 0.4) is 0 Å². The summed E-state index contributed by atoms with van der Waals surface area (Å²) in [6, 6.07) is 0. The summed E-state index contributed by atoms with van der Waals surface area (Å²) < 4.78 is 18.3. The van der Waals surface area contributed by atoms with Crippen molar-refractivity contribution in [3.63, 3.8) is 0 Å². The molecule has 1 unspecified atom stereocenters. The number of thioether (sulfide) groups is 1. The van der Waals surface area contributed by atoms with Crippen molar-refractivity contribution in [2.75, 3.05) is 39.9 Å². The van der Waals surface area contributed by atoms with Crippen LogP contribution in [-0.4, -0.2) is 91.0 Å². The van der Waals surface area contributed by atoms with Gasteiger partial charge in [0, 0.05) is 17.6 Å². The van der Waals surface area contributed by atoms with Gasteiger partial charge in [-0.15, -0.1) is 11.8 Å². The molecule has 0 heterocycles. The highest BCUT2D eigenvalue weighted by Crippen LogP contribution is 2.36. The third kappa shape index (κ3) is 46.9. The fraction of sp³-hybridized carbons (Fsp3) is 0.870. The topological polar surface area (TPSA) is 146 Å². The molecule has 10 nitrogen and oxygen atoms in total. The molecule has 0 aliphatic carbocycles. The zero-order valence-corrected chi connectivity index (χ0v) is 39.7. The number of aliphatic hydroxyl groups excluding tert-OH is 2. The molecule has 0 aromatic carbocycles. The van der Waals surface area contributed by atoms with E-state index in [2.05, 4.69) is 59.8 Å². The number of allylic oxidation sites excluding steroid dienone is 1. The minimum atomic E-state index is -0.293. The maximum absolute atomic E-state index is 11.6. The number of rotatable bonds is 36. The van der Waals surface area contributed by atoms with Crippen LogP contribution in [0.4, 0.5) is 0 Å². The zero-order chi connectivity index (χ0) is 44.1. The summed E-state index contributed by atoms with van der Waals surface area (Å²) in [7, 11) is 5.64. The van der Waals surface area contributed by atoms with Crippen LogP contribution in [0, 0.1) is 0 Å². The summed E-state index contributed by atoms with van der Waals surface area (Å²) in [5, 5.41) is 20.2. The predicted octanol–water partition coefficient (Wildman–Crippen LogP) is 11.3. The Bertz CT molecular complexity index is 974. The maximum atomic E-state index is 11.6. The number of thiol groups is 1. The molecule has 0 radical (unpaired) electrons. The summed E-state index contributed by atoms with van der Waals surface area (Å²) in [6.07, 6.45) is 33.3. The normalized spacial score (nSPS) is 12.9. The fourth-order valence-electron chi connectivity index (χ4n) is 6.09. The van der Waals surface area contributed by atoms with Crippen LogP contribution in [0.1, 0.15) is 201 Å². The monoisotopic (exact) mass is 865 g/mol. The smallest absolute Gasteiger partial charge is 0.315 e. The molecule has 2 N–H and O–H groups in total. The third-order valence-corrected chi connectivity index (χ3v) is 11.8. The van der Waals surface area contributed by atoms with Gasteiger partial charge in [-0.3, -0.25) is 19.2 Å². The van der Waals surface area contributed by atoms with E-state index in [0.29, 0.717) is 18.6 Å². The first-order chi connectivity index (χ1) is 27.9. The van der Waals surface area contributed by atoms with E-state index in [0.717, 1.165) is 103 Å². The number of unbranched alkanes of at least 4 members (excludes halogenated alkanes) is 16. The molecule has 0 rings (SSSR count). The molecule has 0 aromatic rings. The molecular weight excluding hydrogens is 777 g/mol. The summed E-state index contributed by atoms with van der Waals surface area (Å²) >= 11 is 5.29. The first-order valence-corrected chi connectivity index (χ1v) is 24.0. The SMILES string of the molecule is CCCCCC[C@H](O)C/C=C\CCCCCCCC(=O)OC.CCCCCC[C@H](O)CCC(C)(CCCCCCCCC(=O)OC)SCC(=O)OC.COC(=O)CS. The molecule has 0 aliphatic heterocycles. The molecule has 0 amide bonds. The van der Waals surface area contributed by atoms with E-state index in [9.17, 15) is 29.4 Å². The summed E-state index contributed by atoms with van der Waals surface area (Å²) in [5.74, 6) is -0.170. The standard InChI is InChI=1S/C24H46O5S.C19H36O3.C3H6O2S/c1-5-6-7-12-15-21(25)17-19-24(2,30-20-23(27)29-4)18-14-11-9-8-10-13-16-22(26)28-3;1-3-4-5-12-15-18(20)16-13-10-8-6-7-9-11-14-17-19(21)22-2;1-5-3(4)2-6/h21,25H,5-20H2,1-4H3;10,13,18,20H,3-9,11-12,14-17H2,1-2H3;6H,2H2,1H3/b;13-10-;/t21-,24?;18-;/m00./s1. The van der Waals surface area contributed by atoms with Crippen molar-refractivity contribution in [1.82, 2.24) is 0 Å². The lowest BCUT2D eigenvalue weighted by Crippen LogP contribution is -2.25. The average Bonchev–Trinajstić information content (AvgIpc) is 3.23. The Morgan fingerprint density at radius 3 is 1.47 bits per heavy atom. The number of hydrogen-bond acceptors (Lipinski definition) is 12. The zero-order valence-electron chi connectivity index (χ0n) is 38.0. The number of esters is 4. The third-order valence-electron chi connectivity index (χ3n) is 10.0. The molecule has 0 spiro atoms. The first kappa shape index (κ1) is 60.5. The lowest BCUT2D eigenvalue weighted by Gasteiger charge is -2.30. The van der Waals surface area contributed by atoms with E-state index in [-0.39, 0.29) is 46.6 Å². The van der Waals surface area contributed by atoms with Gasteiger partial charge in [0.1, 0.15) is 0 Å². The van der Waals surface area contributed by atoms with Gasteiger partial charge in [-0.1, -0.05) is 136 Å². The minimum absolute atomic E-state index is 0.0104. The van der Waals surface area contributed by atoms with Gasteiger partial charge in [0.25, 0.3) is 0 Å². The van der Waals surface area contributed by atoms with Crippen LogP contribution in [-0.2, 0) is 38.1 Å². The van der Waals surface area contributed by atoms with E-state index in [1.165, 1.54) is 92.6 Å². The number of methoxy groups -OCH3 is 4. The fourth-order valence-corrected chi connectivity index (χ4v) is 7.35. The van der Waals surface area contributed by atoms with Gasteiger partial charge in [0.2, 0.25) is 0 Å². The number of aliphatic hydroxyl groups is 2. The Kier molecular flexibility index (Phi) is 48.3. The second-order valence-electron chi connectivity index (χ2n) is 15.4. The van der Waals surface area contributed by atoms with E-state index in [1.807, 2.05) is 0 Å². The van der Waals surface area contributed by atoms with Gasteiger partial charge in [0.15, 0.2) is 0 Å². The van der Waals surface area contributed by atoms with Crippen LogP contribution in [0.15, 0.2) is 12.2 Å². The number of carbonyl (C=O) groups is 4. The number of hydrogen-bond donors (Lipinski definition) is 3.